The minimum Gasteiger partial charge on any atom is -0.462 e. The van der Waals surface area contributed by atoms with E-state index >= 15 is 0 Å². The zero-order valence-electron chi connectivity index (χ0n) is 39.9. The molecule has 0 amide bonds. The number of hydrogen-bond donors (Lipinski definition) is 0. The maximum Gasteiger partial charge on any atom is 0.306 e. The first-order valence-corrected chi connectivity index (χ1v) is 25.5. The first-order valence-electron chi connectivity index (χ1n) is 25.5. The number of rotatable bonds is 45. The standard InChI is InChI=1S/C55H94O6/c1-4-7-10-13-16-19-22-24-25-26-27-28-29-31-33-36-39-42-45-48-54(57)60-51-52(50-59-53(56)47-44-41-38-35-32-21-18-15-12-9-6-3)61-55(58)49-46-43-40-37-34-30-23-20-17-14-11-8-5-2/h7,10,15-16,18-19,21,24-25,27-28,32,52H,4-6,8-9,11-14,17,20,22-23,26,29-31,33-51H2,1-3H3/b10-7-,18-15-,19-16-,25-24-,28-27-,32-21-. The van der Waals surface area contributed by atoms with Crippen molar-refractivity contribution in [3.63, 3.8) is 0 Å². The second-order valence-corrected chi connectivity index (χ2v) is 16.7. The van der Waals surface area contributed by atoms with Gasteiger partial charge in [0.05, 0.1) is 0 Å². The van der Waals surface area contributed by atoms with Crippen molar-refractivity contribution >= 4 is 17.9 Å². The summed E-state index contributed by atoms with van der Waals surface area (Å²) in [6.45, 7) is 6.43. The highest BCUT2D eigenvalue weighted by Crippen LogP contribution is 2.15. The fourth-order valence-electron chi connectivity index (χ4n) is 6.88. The van der Waals surface area contributed by atoms with Gasteiger partial charge in [0.15, 0.2) is 6.10 Å². The molecule has 0 aliphatic rings. The summed E-state index contributed by atoms with van der Waals surface area (Å²) in [4.78, 5) is 37.9. The number of hydrogen-bond acceptors (Lipinski definition) is 6. The molecule has 0 aromatic carbocycles. The van der Waals surface area contributed by atoms with Gasteiger partial charge in [0.2, 0.25) is 0 Å². The van der Waals surface area contributed by atoms with Crippen molar-refractivity contribution in [3.8, 4) is 0 Å². The molecular formula is C55H94O6. The number of allylic oxidation sites excluding steroid dienone is 12. The minimum absolute atomic E-state index is 0.0903. The van der Waals surface area contributed by atoms with Gasteiger partial charge in [0.1, 0.15) is 13.2 Å². The van der Waals surface area contributed by atoms with Crippen LogP contribution >= 0.6 is 0 Å². The van der Waals surface area contributed by atoms with Crippen LogP contribution in [-0.2, 0) is 28.6 Å². The quantitative estimate of drug-likeness (QED) is 0.0200. The summed E-state index contributed by atoms with van der Waals surface area (Å²) < 4.78 is 16.7. The monoisotopic (exact) mass is 851 g/mol. The molecule has 0 aliphatic heterocycles. The van der Waals surface area contributed by atoms with Crippen LogP contribution < -0.4 is 0 Å². The Balaban J connectivity index is 4.39. The SMILES string of the molecule is CC/C=C\C/C=C\C/C=C\C/C=C\CCCCCCCCC(=O)OCC(COC(=O)CCCCC/C=C\C=C/CCCC)OC(=O)CCCCCCCCCCCCCCC. The third-order valence-electron chi connectivity index (χ3n) is 10.7. The Labute approximate surface area is 376 Å². The van der Waals surface area contributed by atoms with Crippen LogP contribution in [0.1, 0.15) is 239 Å². The lowest BCUT2D eigenvalue weighted by Gasteiger charge is -2.18. The topological polar surface area (TPSA) is 78.9 Å². The first-order chi connectivity index (χ1) is 30.0. The van der Waals surface area contributed by atoms with Crippen LogP contribution in [0, 0.1) is 0 Å². The average Bonchev–Trinajstić information content (AvgIpc) is 3.26. The maximum absolute atomic E-state index is 12.8. The van der Waals surface area contributed by atoms with Crippen molar-refractivity contribution in [2.75, 3.05) is 13.2 Å². The Hall–Kier alpha value is -3.15. The van der Waals surface area contributed by atoms with E-state index in [1.807, 2.05) is 0 Å². The Morgan fingerprint density at radius 3 is 1.16 bits per heavy atom. The Morgan fingerprint density at radius 2 is 0.705 bits per heavy atom. The molecule has 1 unspecified atom stereocenters. The number of carbonyl (C=O) groups excluding carboxylic acids is 3. The molecule has 61 heavy (non-hydrogen) atoms. The molecule has 0 fully saturated rings. The van der Waals surface area contributed by atoms with Crippen molar-refractivity contribution in [2.24, 2.45) is 0 Å². The van der Waals surface area contributed by atoms with Gasteiger partial charge in [-0.3, -0.25) is 14.4 Å². The molecule has 0 radical (unpaired) electrons. The molecule has 6 nitrogen and oxygen atoms in total. The van der Waals surface area contributed by atoms with Gasteiger partial charge in [-0.05, 0) is 77.0 Å². The Morgan fingerprint density at radius 1 is 0.361 bits per heavy atom. The first kappa shape index (κ1) is 57.9. The molecule has 0 heterocycles. The van der Waals surface area contributed by atoms with E-state index in [1.165, 1.54) is 96.3 Å². The van der Waals surface area contributed by atoms with Crippen molar-refractivity contribution in [2.45, 2.75) is 245 Å². The molecule has 1 atom stereocenters. The van der Waals surface area contributed by atoms with E-state index < -0.39 is 6.10 Å². The summed E-state index contributed by atoms with van der Waals surface area (Å²) >= 11 is 0. The minimum atomic E-state index is -0.789. The van der Waals surface area contributed by atoms with Crippen LogP contribution in [0.15, 0.2) is 72.9 Å². The van der Waals surface area contributed by atoms with E-state index in [-0.39, 0.29) is 31.1 Å². The maximum atomic E-state index is 12.8. The predicted molar refractivity (Wildman–Crippen MR) is 261 cm³/mol. The molecule has 0 spiro atoms. The summed E-state index contributed by atoms with van der Waals surface area (Å²) in [6, 6.07) is 0. The zero-order valence-corrected chi connectivity index (χ0v) is 39.9. The highest BCUT2D eigenvalue weighted by Gasteiger charge is 2.19. The molecule has 0 saturated carbocycles. The fourth-order valence-corrected chi connectivity index (χ4v) is 6.88. The van der Waals surface area contributed by atoms with Crippen molar-refractivity contribution in [1.82, 2.24) is 0 Å². The van der Waals surface area contributed by atoms with Crippen LogP contribution in [0.5, 0.6) is 0 Å². The Kier molecular flexibility index (Phi) is 46.9. The molecule has 0 aromatic heterocycles. The summed E-state index contributed by atoms with van der Waals surface area (Å²) in [5, 5.41) is 0. The average molecular weight is 851 g/mol. The second kappa shape index (κ2) is 49.5. The lowest BCUT2D eigenvalue weighted by atomic mass is 10.0. The van der Waals surface area contributed by atoms with E-state index in [0.29, 0.717) is 19.3 Å². The normalized spacial score (nSPS) is 12.6. The van der Waals surface area contributed by atoms with Gasteiger partial charge in [-0.25, -0.2) is 0 Å². The van der Waals surface area contributed by atoms with E-state index in [1.54, 1.807) is 0 Å². The molecule has 350 valence electrons. The number of carbonyl (C=O) groups is 3. The molecule has 0 bridgehead atoms. The molecule has 0 rings (SSSR count). The van der Waals surface area contributed by atoms with Gasteiger partial charge in [0, 0.05) is 19.3 Å². The molecule has 0 aromatic rings. The van der Waals surface area contributed by atoms with E-state index in [4.69, 9.17) is 14.2 Å². The smallest absolute Gasteiger partial charge is 0.306 e. The second-order valence-electron chi connectivity index (χ2n) is 16.7. The number of esters is 3. The molecule has 0 saturated heterocycles. The van der Waals surface area contributed by atoms with Crippen molar-refractivity contribution in [3.05, 3.63) is 72.9 Å². The lowest BCUT2D eigenvalue weighted by Crippen LogP contribution is -2.30. The lowest BCUT2D eigenvalue weighted by molar-refractivity contribution is -0.167. The van der Waals surface area contributed by atoms with Gasteiger partial charge in [0.25, 0.3) is 0 Å². The predicted octanol–water partition coefficient (Wildman–Crippen LogP) is 16.6. The molecular weight excluding hydrogens is 757 g/mol. The van der Waals surface area contributed by atoms with E-state index in [2.05, 4.69) is 93.7 Å². The number of unbranched alkanes of at least 4 members (excludes halogenated alkanes) is 23. The molecule has 0 aliphatic carbocycles. The third-order valence-corrected chi connectivity index (χ3v) is 10.7. The van der Waals surface area contributed by atoms with Gasteiger partial charge < -0.3 is 14.2 Å². The van der Waals surface area contributed by atoms with E-state index in [0.717, 1.165) is 103 Å². The zero-order chi connectivity index (χ0) is 44.4. The van der Waals surface area contributed by atoms with Crippen molar-refractivity contribution in [1.29, 1.82) is 0 Å². The largest absolute Gasteiger partial charge is 0.462 e. The van der Waals surface area contributed by atoms with Crippen molar-refractivity contribution < 1.29 is 28.6 Å². The van der Waals surface area contributed by atoms with Gasteiger partial charge in [-0.2, -0.15) is 0 Å². The van der Waals surface area contributed by atoms with Crippen LogP contribution in [-0.4, -0.2) is 37.2 Å². The summed E-state index contributed by atoms with van der Waals surface area (Å²) in [6.07, 6.45) is 61.7. The summed E-state index contributed by atoms with van der Waals surface area (Å²) in [5.41, 5.74) is 0. The highest BCUT2D eigenvalue weighted by atomic mass is 16.6. The highest BCUT2D eigenvalue weighted by molar-refractivity contribution is 5.71. The summed E-state index contributed by atoms with van der Waals surface area (Å²) in [7, 11) is 0. The van der Waals surface area contributed by atoms with Crippen LogP contribution in [0.4, 0.5) is 0 Å². The summed E-state index contributed by atoms with van der Waals surface area (Å²) in [5.74, 6) is -0.930. The molecule has 6 heteroatoms. The van der Waals surface area contributed by atoms with Gasteiger partial charge in [-0.15, -0.1) is 0 Å². The van der Waals surface area contributed by atoms with Gasteiger partial charge in [-0.1, -0.05) is 216 Å². The Bertz CT molecular complexity index is 1160. The third kappa shape index (κ3) is 47.7. The van der Waals surface area contributed by atoms with E-state index in [9.17, 15) is 14.4 Å². The fraction of sp³-hybridized carbons (Fsp3) is 0.727. The van der Waals surface area contributed by atoms with Crippen LogP contribution in [0.3, 0.4) is 0 Å². The van der Waals surface area contributed by atoms with Gasteiger partial charge >= 0.3 is 17.9 Å². The number of ether oxygens (including phenoxy) is 3. The van der Waals surface area contributed by atoms with Crippen LogP contribution in [0.2, 0.25) is 0 Å². The van der Waals surface area contributed by atoms with Crippen LogP contribution in [0.25, 0.3) is 0 Å². The molecule has 0 N–H and O–H groups in total.